The molecule has 0 heterocycles. The summed E-state index contributed by atoms with van der Waals surface area (Å²) in [4.78, 5) is 4.07. The number of benzene rings is 2. The van der Waals surface area contributed by atoms with Gasteiger partial charge in [0.05, 0.1) is 25.5 Å². The summed E-state index contributed by atoms with van der Waals surface area (Å²) in [5.41, 5.74) is 6.90. The molecule has 0 radical (unpaired) electrons. The van der Waals surface area contributed by atoms with Gasteiger partial charge >= 0.3 is 6.36 Å². The largest absolute Gasteiger partial charge is 0.573 e. The van der Waals surface area contributed by atoms with Crippen molar-refractivity contribution in [3.8, 4) is 5.75 Å². The highest BCUT2D eigenvalue weighted by molar-refractivity contribution is 5.93. The first-order valence-corrected chi connectivity index (χ1v) is 9.05. The van der Waals surface area contributed by atoms with Crippen LogP contribution in [0.2, 0.25) is 0 Å². The summed E-state index contributed by atoms with van der Waals surface area (Å²) in [6.07, 6.45) is -4.17. The van der Waals surface area contributed by atoms with Gasteiger partial charge in [-0.15, -0.1) is 13.2 Å². The summed E-state index contributed by atoms with van der Waals surface area (Å²) in [6.45, 7) is 2.33. The zero-order valence-corrected chi connectivity index (χ0v) is 15.8. The maximum Gasteiger partial charge on any atom is 0.573 e. The molecule has 0 amide bonds. The van der Waals surface area contributed by atoms with Crippen molar-refractivity contribution in [2.45, 2.75) is 19.4 Å². The van der Waals surface area contributed by atoms with Crippen molar-refractivity contribution in [1.29, 1.82) is 0 Å². The van der Waals surface area contributed by atoms with Gasteiger partial charge in [-0.1, -0.05) is 42.5 Å². The van der Waals surface area contributed by atoms with Gasteiger partial charge in [-0.25, -0.2) is 0 Å². The Morgan fingerprint density at radius 2 is 1.62 bits per heavy atom. The van der Waals surface area contributed by atoms with Crippen LogP contribution in [0.1, 0.15) is 12.0 Å². The SMILES string of the molecule is NC(=NCCCOCCOCc1ccccc1)Nc1ccccc1OC(F)(F)F. The van der Waals surface area contributed by atoms with Crippen molar-refractivity contribution in [1.82, 2.24) is 0 Å². The van der Waals surface area contributed by atoms with Crippen molar-refractivity contribution in [2.24, 2.45) is 10.7 Å². The van der Waals surface area contributed by atoms with Crippen molar-refractivity contribution in [2.75, 3.05) is 31.7 Å². The Morgan fingerprint density at radius 1 is 0.931 bits per heavy atom. The quantitative estimate of drug-likeness (QED) is 0.333. The summed E-state index contributed by atoms with van der Waals surface area (Å²) in [6, 6.07) is 15.4. The van der Waals surface area contributed by atoms with E-state index >= 15 is 0 Å². The number of hydrogen-bond acceptors (Lipinski definition) is 4. The summed E-state index contributed by atoms with van der Waals surface area (Å²) in [5.74, 6) is -0.383. The zero-order valence-electron chi connectivity index (χ0n) is 15.8. The summed E-state index contributed by atoms with van der Waals surface area (Å²) in [7, 11) is 0. The van der Waals surface area contributed by atoms with Crippen LogP contribution < -0.4 is 15.8 Å². The fourth-order valence-corrected chi connectivity index (χ4v) is 2.31. The van der Waals surface area contributed by atoms with Gasteiger partial charge in [-0.3, -0.25) is 4.99 Å². The minimum absolute atomic E-state index is 0.00517. The van der Waals surface area contributed by atoms with Gasteiger partial charge in [0.15, 0.2) is 11.7 Å². The number of nitrogens with two attached hydrogens (primary N) is 1. The number of guanidine groups is 1. The van der Waals surface area contributed by atoms with E-state index in [0.29, 0.717) is 39.4 Å². The Hall–Kier alpha value is -2.78. The van der Waals surface area contributed by atoms with E-state index in [1.807, 2.05) is 30.3 Å². The van der Waals surface area contributed by atoms with E-state index in [1.165, 1.54) is 18.2 Å². The molecule has 2 rings (SSSR count). The van der Waals surface area contributed by atoms with Crippen LogP contribution >= 0.6 is 0 Å². The number of hydrogen-bond donors (Lipinski definition) is 2. The van der Waals surface area contributed by atoms with Gasteiger partial charge < -0.3 is 25.3 Å². The Bertz CT molecular complexity index is 755. The lowest BCUT2D eigenvalue weighted by atomic mass is 10.2. The number of anilines is 1. The predicted octanol–water partition coefficient (Wildman–Crippen LogP) is 3.94. The monoisotopic (exact) mass is 411 g/mol. The molecule has 6 nitrogen and oxygen atoms in total. The van der Waals surface area contributed by atoms with Crippen LogP contribution in [0.5, 0.6) is 5.75 Å². The van der Waals surface area contributed by atoms with E-state index in [0.717, 1.165) is 5.56 Å². The second-order valence-electron chi connectivity index (χ2n) is 5.94. The van der Waals surface area contributed by atoms with Crippen molar-refractivity contribution in [3.63, 3.8) is 0 Å². The van der Waals surface area contributed by atoms with E-state index in [2.05, 4.69) is 15.0 Å². The van der Waals surface area contributed by atoms with Gasteiger partial charge in [0.2, 0.25) is 0 Å². The van der Waals surface area contributed by atoms with Gasteiger partial charge in [-0.2, -0.15) is 0 Å². The molecule has 0 aliphatic heterocycles. The topological polar surface area (TPSA) is 78.1 Å². The van der Waals surface area contributed by atoms with Crippen molar-refractivity contribution >= 4 is 11.6 Å². The van der Waals surface area contributed by atoms with Crippen LogP contribution in [0, 0.1) is 0 Å². The summed E-state index contributed by atoms with van der Waals surface area (Å²) >= 11 is 0. The van der Waals surface area contributed by atoms with E-state index in [-0.39, 0.29) is 17.4 Å². The van der Waals surface area contributed by atoms with Crippen LogP contribution in [-0.2, 0) is 16.1 Å². The summed E-state index contributed by atoms with van der Waals surface area (Å²) in [5, 5.41) is 2.61. The molecule has 0 aliphatic carbocycles. The Morgan fingerprint density at radius 3 is 2.38 bits per heavy atom. The second kappa shape index (κ2) is 11.9. The Kier molecular flexibility index (Phi) is 9.26. The first-order valence-electron chi connectivity index (χ1n) is 9.05. The van der Waals surface area contributed by atoms with Gasteiger partial charge in [0.1, 0.15) is 0 Å². The molecule has 9 heteroatoms. The maximum atomic E-state index is 12.4. The molecule has 0 saturated carbocycles. The molecule has 0 atom stereocenters. The molecule has 0 spiro atoms. The third kappa shape index (κ3) is 9.82. The van der Waals surface area contributed by atoms with Crippen LogP contribution in [0.4, 0.5) is 18.9 Å². The molecule has 0 aromatic heterocycles. The Balaban J connectivity index is 1.59. The molecule has 158 valence electrons. The molecule has 0 unspecified atom stereocenters. The van der Waals surface area contributed by atoms with Gasteiger partial charge in [0.25, 0.3) is 0 Å². The fraction of sp³-hybridized carbons (Fsp3) is 0.350. The Labute approximate surface area is 167 Å². The van der Waals surface area contributed by atoms with E-state index in [1.54, 1.807) is 6.07 Å². The third-order valence-electron chi connectivity index (χ3n) is 3.59. The minimum atomic E-state index is -4.79. The molecule has 0 aliphatic rings. The second-order valence-corrected chi connectivity index (χ2v) is 5.94. The maximum absolute atomic E-state index is 12.4. The van der Waals surface area contributed by atoms with Crippen LogP contribution in [0.15, 0.2) is 59.6 Å². The highest BCUT2D eigenvalue weighted by atomic mass is 19.4. The van der Waals surface area contributed by atoms with E-state index in [9.17, 15) is 13.2 Å². The highest BCUT2D eigenvalue weighted by Gasteiger charge is 2.32. The number of ether oxygens (including phenoxy) is 3. The molecule has 2 aromatic carbocycles. The molecule has 29 heavy (non-hydrogen) atoms. The molecule has 2 aromatic rings. The lowest BCUT2D eigenvalue weighted by Gasteiger charge is -2.14. The number of alkyl halides is 3. The van der Waals surface area contributed by atoms with Crippen LogP contribution in [-0.4, -0.2) is 38.7 Å². The number of halogens is 3. The lowest BCUT2D eigenvalue weighted by Crippen LogP contribution is -2.24. The molecule has 0 saturated heterocycles. The van der Waals surface area contributed by atoms with Crippen LogP contribution in [0.25, 0.3) is 0 Å². The number of nitrogens with one attached hydrogen (secondary N) is 1. The molecular weight excluding hydrogens is 387 g/mol. The number of aliphatic imine (C=N–C) groups is 1. The minimum Gasteiger partial charge on any atom is -0.404 e. The molecule has 0 bridgehead atoms. The zero-order chi connectivity index (χ0) is 21.0. The molecule has 3 N–H and O–H groups in total. The number of rotatable bonds is 11. The van der Waals surface area contributed by atoms with E-state index in [4.69, 9.17) is 15.2 Å². The predicted molar refractivity (Wildman–Crippen MR) is 105 cm³/mol. The van der Waals surface area contributed by atoms with Gasteiger partial charge in [0, 0.05) is 13.2 Å². The first-order chi connectivity index (χ1) is 13.9. The van der Waals surface area contributed by atoms with Gasteiger partial charge in [-0.05, 0) is 24.1 Å². The average Bonchev–Trinajstić information content (AvgIpc) is 2.68. The van der Waals surface area contributed by atoms with E-state index < -0.39 is 6.36 Å². The number of nitrogens with zero attached hydrogens (tertiary/aromatic N) is 1. The summed E-state index contributed by atoms with van der Waals surface area (Å²) < 4.78 is 52.1. The first kappa shape index (κ1) is 22.5. The molecular formula is C20H24F3N3O3. The number of para-hydroxylation sites is 2. The smallest absolute Gasteiger partial charge is 0.404 e. The van der Waals surface area contributed by atoms with Crippen molar-refractivity contribution < 1.29 is 27.4 Å². The highest BCUT2D eigenvalue weighted by Crippen LogP contribution is 2.29. The van der Waals surface area contributed by atoms with Crippen LogP contribution in [0.3, 0.4) is 0 Å². The normalized spacial score (nSPS) is 12.0. The standard InChI is InChI=1S/C20H24F3N3O3/c21-20(22,23)29-18-10-5-4-9-17(18)26-19(24)25-11-6-12-27-13-14-28-15-16-7-2-1-3-8-16/h1-5,7-10H,6,11-15H2,(H3,24,25,26). The van der Waals surface area contributed by atoms with Crippen molar-refractivity contribution in [3.05, 3.63) is 60.2 Å². The third-order valence-corrected chi connectivity index (χ3v) is 3.59. The average molecular weight is 411 g/mol. The fourth-order valence-electron chi connectivity index (χ4n) is 2.31. The molecule has 0 fully saturated rings. The lowest BCUT2D eigenvalue weighted by molar-refractivity contribution is -0.274.